The molecule has 0 atom stereocenters. The first-order valence-corrected chi connectivity index (χ1v) is 3.74. The van der Waals surface area contributed by atoms with E-state index in [4.69, 9.17) is 4.74 Å². The van der Waals surface area contributed by atoms with Crippen LogP contribution in [0.3, 0.4) is 0 Å². The van der Waals surface area contributed by atoms with Gasteiger partial charge in [0.15, 0.2) is 0 Å². The highest BCUT2D eigenvalue weighted by molar-refractivity contribution is 6.31. The van der Waals surface area contributed by atoms with Gasteiger partial charge in [0.1, 0.15) is 7.85 Å². The van der Waals surface area contributed by atoms with Gasteiger partial charge in [-0.2, -0.15) is 0 Å². The van der Waals surface area contributed by atoms with E-state index in [1.807, 2.05) is 14.8 Å². The summed E-state index contributed by atoms with van der Waals surface area (Å²) < 4.78 is 5.19. The molecule has 0 aromatic carbocycles. The molecule has 0 aliphatic rings. The summed E-state index contributed by atoms with van der Waals surface area (Å²) in [6.45, 7) is 2.73. The highest BCUT2D eigenvalue weighted by Crippen LogP contribution is 1.95. The van der Waals surface area contributed by atoms with E-state index in [9.17, 15) is 0 Å². The molecule has 0 bridgehead atoms. The van der Waals surface area contributed by atoms with Crippen LogP contribution in [0.4, 0.5) is 0 Å². The molecular weight excluding hydrogens is 139 g/mol. The molecule has 0 radical (unpaired) electrons. The van der Waals surface area contributed by atoms with Gasteiger partial charge in [-0.25, -0.2) is 9.97 Å². The normalized spacial score (nSPS) is 9.55. The minimum absolute atomic E-state index is 0.470. The molecule has 58 valence electrons. The summed E-state index contributed by atoms with van der Waals surface area (Å²) in [6, 6.07) is 0.470. The second-order valence-corrected chi connectivity index (χ2v) is 2.39. The van der Waals surface area contributed by atoms with Crippen molar-refractivity contribution in [1.82, 2.24) is 9.97 Å². The maximum absolute atomic E-state index is 5.19. The fourth-order valence-corrected chi connectivity index (χ4v) is 0.649. The van der Waals surface area contributed by atoms with Crippen LogP contribution in [0.1, 0.15) is 13.3 Å². The molecule has 11 heavy (non-hydrogen) atoms. The van der Waals surface area contributed by atoms with Crippen LogP contribution in [0.5, 0.6) is 6.01 Å². The largest absolute Gasteiger partial charge is 0.463 e. The van der Waals surface area contributed by atoms with E-state index in [1.54, 1.807) is 12.4 Å². The van der Waals surface area contributed by atoms with E-state index >= 15 is 0 Å². The fourth-order valence-electron chi connectivity index (χ4n) is 0.649. The minimum atomic E-state index is 0.470. The summed E-state index contributed by atoms with van der Waals surface area (Å²) in [4.78, 5) is 7.96. The molecule has 0 unspecified atom stereocenters. The van der Waals surface area contributed by atoms with Crippen LogP contribution in [0, 0.1) is 0 Å². The van der Waals surface area contributed by atoms with Crippen molar-refractivity contribution in [3.63, 3.8) is 0 Å². The van der Waals surface area contributed by atoms with Crippen molar-refractivity contribution in [2.75, 3.05) is 6.61 Å². The molecule has 0 aliphatic heterocycles. The van der Waals surface area contributed by atoms with E-state index < -0.39 is 0 Å². The molecule has 1 rings (SSSR count). The van der Waals surface area contributed by atoms with Gasteiger partial charge in [0, 0.05) is 12.4 Å². The van der Waals surface area contributed by atoms with E-state index in [1.165, 1.54) is 0 Å². The van der Waals surface area contributed by atoms with Crippen molar-refractivity contribution in [1.29, 1.82) is 0 Å². The van der Waals surface area contributed by atoms with Gasteiger partial charge in [-0.15, -0.1) is 0 Å². The minimum Gasteiger partial charge on any atom is -0.463 e. The molecule has 0 amide bonds. The summed E-state index contributed by atoms with van der Waals surface area (Å²) in [6.07, 6.45) is 4.48. The summed E-state index contributed by atoms with van der Waals surface area (Å²) in [5.41, 5.74) is 1.05. The molecule has 0 saturated carbocycles. The van der Waals surface area contributed by atoms with Crippen LogP contribution in [0.2, 0.25) is 0 Å². The zero-order chi connectivity index (χ0) is 8.10. The van der Waals surface area contributed by atoms with E-state index in [0.717, 1.165) is 11.9 Å². The Morgan fingerprint density at radius 3 is 2.64 bits per heavy atom. The molecule has 0 fully saturated rings. The van der Waals surface area contributed by atoms with Crippen molar-refractivity contribution in [3.8, 4) is 6.01 Å². The SMILES string of the molecule is Bc1cnc(OCCC)nc1. The number of nitrogens with zero attached hydrogens (tertiary/aromatic N) is 2. The third kappa shape index (κ3) is 2.57. The van der Waals surface area contributed by atoms with Gasteiger partial charge in [-0.3, -0.25) is 0 Å². The Morgan fingerprint density at radius 1 is 1.45 bits per heavy atom. The second kappa shape index (κ2) is 3.96. The predicted octanol–water partition coefficient (Wildman–Crippen LogP) is -0.476. The maximum Gasteiger partial charge on any atom is 0.316 e. The van der Waals surface area contributed by atoms with Crippen LogP contribution in [-0.4, -0.2) is 24.4 Å². The van der Waals surface area contributed by atoms with Gasteiger partial charge in [0.25, 0.3) is 0 Å². The quantitative estimate of drug-likeness (QED) is 0.546. The highest BCUT2D eigenvalue weighted by Gasteiger charge is 1.93. The average Bonchev–Trinajstić information content (AvgIpc) is 2.04. The molecule has 0 saturated heterocycles. The first-order valence-electron chi connectivity index (χ1n) is 3.74. The smallest absolute Gasteiger partial charge is 0.316 e. The molecule has 0 N–H and O–H groups in total. The van der Waals surface area contributed by atoms with Crippen molar-refractivity contribution in [2.45, 2.75) is 13.3 Å². The molecule has 1 heterocycles. The second-order valence-electron chi connectivity index (χ2n) is 2.39. The Kier molecular flexibility index (Phi) is 2.89. The molecule has 1 aromatic heterocycles. The summed E-state index contributed by atoms with van der Waals surface area (Å²) in [5.74, 6) is 0. The van der Waals surface area contributed by atoms with Gasteiger partial charge in [-0.1, -0.05) is 12.4 Å². The van der Waals surface area contributed by atoms with Gasteiger partial charge >= 0.3 is 6.01 Å². The van der Waals surface area contributed by atoms with Gasteiger partial charge < -0.3 is 4.74 Å². The molecule has 1 aromatic rings. The average molecular weight is 150 g/mol. The maximum atomic E-state index is 5.19. The van der Waals surface area contributed by atoms with E-state index in [-0.39, 0.29) is 0 Å². The van der Waals surface area contributed by atoms with Crippen LogP contribution in [-0.2, 0) is 0 Å². The number of hydrogen-bond donors (Lipinski definition) is 0. The summed E-state index contributed by atoms with van der Waals surface area (Å²) in [5, 5.41) is 0. The van der Waals surface area contributed by atoms with Crippen molar-refractivity contribution >= 4 is 13.3 Å². The Hall–Kier alpha value is -1.06. The lowest BCUT2D eigenvalue weighted by Gasteiger charge is -2.00. The van der Waals surface area contributed by atoms with Crippen molar-refractivity contribution in [3.05, 3.63) is 12.4 Å². The lowest BCUT2D eigenvalue weighted by Crippen LogP contribution is -2.07. The Bertz CT molecular complexity index is 212. The van der Waals surface area contributed by atoms with Gasteiger partial charge in [0.05, 0.1) is 6.61 Å². The number of hydrogen-bond acceptors (Lipinski definition) is 3. The van der Waals surface area contributed by atoms with Gasteiger partial charge in [0.2, 0.25) is 0 Å². The first-order chi connectivity index (χ1) is 5.33. The number of rotatable bonds is 3. The Labute approximate surface area is 67.2 Å². The molecule has 3 nitrogen and oxygen atoms in total. The molecule has 0 aliphatic carbocycles. The van der Waals surface area contributed by atoms with Crippen LogP contribution < -0.4 is 10.2 Å². The fraction of sp³-hybridized carbons (Fsp3) is 0.429. The monoisotopic (exact) mass is 150 g/mol. The van der Waals surface area contributed by atoms with Crippen LogP contribution in [0.15, 0.2) is 12.4 Å². The Morgan fingerprint density at radius 2 is 2.09 bits per heavy atom. The zero-order valence-electron chi connectivity index (χ0n) is 6.87. The molecular formula is C7H11BN2O. The van der Waals surface area contributed by atoms with Crippen molar-refractivity contribution in [2.24, 2.45) is 0 Å². The summed E-state index contributed by atoms with van der Waals surface area (Å²) >= 11 is 0. The van der Waals surface area contributed by atoms with Crippen LogP contribution >= 0.6 is 0 Å². The van der Waals surface area contributed by atoms with Crippen LogP contribution in [0.25, 0.3) is 0 Å². The van der Waals surface area contributed by atoms with E-state index in [2.05, 4.69) is 9.97 Å². The lowest BCUT2D eigenvalue weighted by molar-refractivity contribution is 0.292. The van der Waals surface area contributed by atoms with E-state index in [0.29, 0.717) is 12.6 Å². The Balaban J connectivity index is 2.52. The highest BCUT2D eigenvalue weighted by atomic mass is 16.5. The van der Waals surface area contributed by atoms with Gasteiger partial charge in [-0.05, 0) is 6.42 Å². The zero-order valence-corrected chi connectivity index (χ0v) is 6.87. The third-order valence-corrected chi connectivity index (χ3v) is 1.19. The topological polar surface area (TPSA) is 35.0 Å². The number of aromatic nitrogens is 2. The third-order valence-electron chi connectivity index (χ3n) is 1.19. The first kappa shape index (κ1) is 8.05. The standard InChI is InChI=1S/C7H11BN2O/c1-2-3-11-7-9-4-6(8)5-10-7/h4-5H,2-3,8H2,1H3. The number of ether oxygens (including phenoxy) is 1. The molecule has 0 spiro atoms. The predicted molar refractivity (Wildman–Crippen MR) is 46.0 cm³/mol. The summed E-state index contributed by atoms with van der Waals surface area (Å²) in [7, 11) is 1.95. The van der Waals surface area contributed by atoms with Crippen molar-refractivity contribution < 1.29 is 4.74 Å². The lowest BCUT2D eigenvalue weighted by atomic mass is 10.0. The molecule has 4 heteroatoms.